The fourth-order valence-electron chi connectivity index (χ4n) is 1.87. The van der Waals surface area contributed by atoms with E-state index in [0.717, 1.165) is 0 Å². The molecule has 2 aromatic carbocycles. The van der Waals surface area contributed by atoms with Crippen LogP contribution < -0.4 is 5.14 Å². The maximum absolute atomic E-state index is 12.4. The van der Waals surface area contributed by atoms with Crippen molar-refractivity contribution in [3.8, 4) is 0 Å². The number of benzene rings is 2. The van der Waals surface area contributed by atoms with Gasteiger partial charge in [-0.2, -0.15) is 0 Å². The van der Waals surface area contributed by atoms with Gasteiger partial charge in [0, 0.05) is 11.1 Å². The number of ketones is 1. The predicted molar refractivity (Wildman–Crippen MR) is 74.2 cm³/mol. The monoisotopic (exact) mass is 291 g/mol. The van der Waals surface area contributed by atoms with Gasteiger partial charge in [0.25, 0.3) is 15.0 Å². The second-order valence-electron chi connectivity index (χ2n) is 4.25. The summed E-state index contributed by atoms with van der Waals surface area (Å²) in [7, 11) is -4.56. The molecule has 3 N–H and O–H groups in total. The van der Waals surface area contributed by atoms with E-state index in [1.165, 1.54) is 36.4 Å². The average Bonchev–Trinajstić information content (AvgIpc) is 2.46. The van der Waals surface area contributed by atoms with Crippen molar-refractivity contribution in [1.29, 1.82) is 0 Å². The SMILES string of the molecule is NS(=O)(=O)C(O)(C(=O)c1ccccc1)c1ccccc1. The first kappa shape index (κ1) is 14.4. The van der Waals surface area contributed by atoms with Gasteiger partial charge in [0.2, 0.25) is 5.78 Å². The Hall–Kier alpha value is -2.02. The molecule has 0 radical (unpaired) electrons. The van der Waals surface area contributed by atoms with Gasteiger partial charge in [-0.1, -0.05) is 60.7 Å². The lowest BCUT2D eigenvalue weighted by molar-refractivity contribution is 0.0629. The summed E-state index contributed by atoms with van der Waals surface area (Å²) in [6.07, 6.45) is 0. The molecule has 0 saturated heterocycles. The van der Waals surface area contributed by atoms with Gasteiger partial charge in [-0.3, -0.25) is 4.79 Å². The van der Waals surface area contributed by atoms with Gasteiger partial charge in [0.15, 0.2) is 0 Å². The van der Waals surface area contributed by atoms with Gasteiger partial charge >= 0.3 is 0 Å². The smallest absolute Gasteiger partial charge is 0.269 e. The molecule has 1 atom stereocenters. The maximum Gasteiger partial charge on any atom is 0.269 e. The number of carbonyl (C=O) groups is 1. The van der Waals surface area contributed by atoms with E-state index in [1.807, 2.05) is 0 Å². The summed E-state index contributed by atoms with van der Waals surface area (Å²) < 4.78 is 23.6. The van der Waals surface area contributed by atoms with E-state index in [1.54, 1.807) is 24.3 Å². The van der Waals surface area contributed by atoms with E-state index in [-0.39, 0.29) is 11.1 Å². The van der Waals surface area contributed by atoms with Crippen LogP contribution in [-0.4, -0.2) is 19.3 Å². The first-order valence-electron chi connectivity index (χ1n) is 5.77. The molecule has 0 fully saturated rings. The van der Waals surface area contributed by atoms with Crippen LogP contribution in [0.2, 0.25) is 0 Å². The Morgan fingerprint density at radius 3 is 1.85 bits per heavy atom. The molecule has 2 aromatic rings. The summed E-state index contributed by atoms with van der Waals surface area (Å²) in [6, 6.07) is 15.0. The van der Waals surface area contributed by atoms with E-state index in [4.69, 9.17) is 5.14 Å². The molecule has 104 valence electrons. The molecule has 5 nitrogen and oxygen atoms in total. The largest absolute Gasteiger partial charge is 0.364 e. The minimum Gasteiger partial charge on any atom is -0.364 e. The van der Waals surface area contributed by atoms with Crippen molar-refractivity contribution < 1.29 is 18.3 Å². The highest BCUT2D eigenvalue weighted by Crippen LogP contribution is 2.29. The van der Waals surface area contributed by atoms with Crippen LogP contribution in [0, 0.1) is 0 Å². The number of hydrogen-bond donors (Lipinski definition) is 2. The first-order valence-corrected chi connectivity index (χ1v) is 7.32. The third kappa shape index (κ3) is 2.36. The zero-order valence-corrected chi connectivity index (χ0v) is 11.2. The molecule has 0 aliphatic rings. The van der Waals surface area contributed by atoms with Crippen LogP contribution in [0.15, 0.2) is 60.7 Å². The molecule has 0 aliphatic heterocycles. The maximum atomic E-state index is 12.4. The Kier molecular flexibility index (Phi) is 3.71. The second kappa shape index (κ2) is 5.16. The van der Waals surface area contributed by atoms with Crippen molar-refractivity contribution in [3.63, 3.8) is 0 Å². The Balaban J connectivity index is 2.64. The first-order chi connectivity index (χ1) is 9.37. The van der Waals surface area contributed by atoms with Crippen molar-refractivity contribution in [1.82, 2.24) is 0 Å². The van der Waals surface area contributed by atoms with Crippen LogP contribution in [0.3, 0.4) is 0 Å². The number of primary sulfonamides is 1. The van der Waals surface area contributed by atoms with Crippen LogP contribution in [-0.2, 0) is 15.0 Å². The zero-order chi connectivity index (χ0) is 14.8. The minimum absolute atomic E-state index is 0.0629. The molecule has 0 aliphatic carbocycles. The summed E-state index contributed by atoms with van der Waals surface area (Å²) in [4.78, 5) is 9.61. The highest BCUT2D eigenvalue weighted by molar-refractivity contribution is 7.90. The molecule has 6 heteroatoms. The predicted octanol–water partition coefficient (Wildman–Crippen LogP) is 1.00. The molecule has 0 bridgehead atoms. The van der Waals surface area contributed by atoms with Gasteiger partial charge in [0.1, 0.15) is 0 Å². The highest BCUT2D eigenvalue weighted by Gasteiger charge is 2.49. The van der Waals surface area contributed by atoms with Crippen LogP contribution in [0.4, 0.5) is 0 Å². The molecule has 0 saturated carbocycles. The molecule has 1 unspecified atom stereocenters. The average molecular weight is 291 g/mol. The van der Waals surface area contributed by atoms with Crippen molar-refractivity contribution in [2.24, 2.45) is 5.14 Å². The van der Waals surface area contributed by atoms with E-state index in [9.17, 15) is 18.3 Å². The van der Waals surface area contributed by atoms with E-state index in [0.29, 0.717) is 0 Å². The standard InChI is InChI=1S/C14H13NO4S/c15-20(18,19)14(17,12-9-5-2-6-10-12)13(16)11-7-3-1-4-8-11/h1-10,17H,(H2,15,18,19). The number of rotatable bonds is 4. The van der Waals surface area contributed by atoms with Crippen LogP contribution in [0.1, 0.15) is 15.9 Å². The van der Waals surface area contributed by atoms with Gasteiger partial charge in [-0.25, -0.2) is 13.6 Å². The molecule has 0 aromatic heterocycles. The molecular weight excluding hydrogens is 278 g/mol. The minimum atomic E-state index is -4.56. The summed E-state index contributed by atoms with van der Waals surface area (Å²) in [5.41, 5.74) is -0.0239. The summed E-state index contributed by atoms with van der Waals surface area (Å²) in [6.45, 7) is 0. The fraction of sp³-hybridized carbons (Fsp3) is 0.0714. The number of carbonyl (C=O) groups excluding carboxylic acids is 1. The third-order valence-electron chi connectivity index (χ3n) is 2.92. The van der Waals surface area contributed by atoms with Gasteiger partial charge < -0.3 is 5.11 Å². The number of aliphatic hydroxyl groups is 1. The van der Waals surface area contributed by atoms with Crippen LogP contribution >= 0.6 is 0 Å². The Morgan fingerprint density at radius 1 is 0.950 bits per heavy atom. The molecular formula is C14H13NO4S. The molecule has 0 amide bonds. The van der Waals surface area contributed by atoms with E-state index < -0.39 is 20.7 Å². The number of hydrogen-bond acceptors (Lipinski definition) is 4. The zero-order valence-electron chi connectivity index (χ0n) is 10.4. The van der Waals surface area contributed by atoms with Crippen molar-refractivity contribution in [2.45, 2.75) is 4.93 Å². The van der Waals surface area contributed by atoms with Crippen LogP contribution in [0.5, 0.6) is 0 Å². The quantitative estimate of drug-likeness (QED) is 0.821. The summed E-state index contributed by atoms with van der Waals surface area (Å²) in [5.74, 6) is -0.980. The molecule has 2 rings (SSSR count). The molecule has 0 spiro atoms. The lowest BCUT2D eigenvalue weighted by atomic mass is 9.99. The summed E-state index contributed by atoms with van der Waals surface area (Å²) in [5, 5.41) is 15.6. The topological polar surface area (TPSA) is 97.5 Å². The molecule has 20 heavy (non-hydrogen) atoms. The normalized spacial score (nSPS) is 14.5. The van der Waals surface area contributed by atoms with Crippen molar-refractivity contribution in [2.75, 3.05) is 0 Å². The Morgan fingerprint density at radius 2 is 1.40 bits per heavy atom. The lowest BCUT2D eigenvalue weighted by Crippen LogP contribution is -2.47. The fourth-order valence-corrected chi connectivity index (χ4v) is 2.71. The Bertz CT molecular complexity index is 713. The van der Waals surface area contributed by atoms with Crippen molar-refractivity contribution >= 4 is 15.8 Å². The third-order valence-corrected chi connectivity index (χ3v) is 4.17. The van der Waals surface area contributed by atoms with E-state index in [2.05, 4.69) is 0 Å². The number of sulfonamides is 1. The van der Waals surface area contributed by atoms with Crippen LogP contribution in [0.25, 0.3) is 0 Å². The lowest BCUT2D eigenvalue weighted by Gasteiger charge is -2.24. The van der Waals surface area contributed by atoms with Gasteiger partial charge in [-0.05, 0) is 0 Å². The Labute approximate surface area is 116 Å². The number of Topliss-reactive ketones (excluding diaryl/α,β-unsaturated/α-hetero) is 1. The number of nitrogens with two attached hydrogens (primary N) is 1. The molecule has 0 heterocycles. The van der Waals surface area contributed by atoms with Gasteiger partial charge in [0.05, 0.1) is 0 Å². The second-order valence-corrected chi connectivity index (χ2v) is 5.93. The van der Waals surface area contributed by atoms with Gasteiger partial charge in [-0.15, -0.1) is 0 Å². The van der Waals surface area contributed by atoms with E-state index >= 15 is 0 Å². The highest BCUT2D eigenvalue weighted by atomic mass is 32.2. The summed E-state index contributed by atoms with van der Waals surface area (Å²) >= 11 is 0. The van der Waals surface area contributed by atoms with Crippen molar-refractivity contribution in [3.05, 3.63) is 71.8 Å².